The number of benzene rings is 1. The summed E-state index contributed by atoms with van der Waals surface area (Å²) in [5.74, 6) is 1.94. The van der Waals surface area contributed by atoms with Crippen molar-refractivity contribution in [3.63, 3.8) is 0 Å². The minimum absolute atomic E-state index is 0.0722. The predicted octanol–water partition coefficient (Wildman–Crippen LogP) is 9.18. The minimum Gasteiger partial charge on any atom is -0.342 e. The van der Waals surface area contributed by atoms with Crippen LogP contribution in [-0.2, 0) is 9.59 Å². The molecule has 0 spiro atoms. The number of para-hydroxylation sites is 1. The summed E-state index contributed by atoms with van der Waals surface area (Å²) in [6, 6.07) is 8.75. The van der Waals surface area contributed by atoms with E-state index in [1.165, 1.54) is 50.3 Å². The molecule has 43 heavy (non-hydrogen) atoms. The number of rotatable bonds is 20. The van der Waals surface area contributed by atoms with Crippen LogP contribution in [0.15, 0.2) is 53.6 Å². The zero-order valence-corrected chi connectivity index (χ0v) is 28.3. The number of hydrogen-bond donors (Lipinski definition) is 1. The molecule has 1 aromatic carbocycles. The van der Waals surface area contributed by atoms with Crippen molar-refractivity contribution in [1.29, 1.82) is 0 Å². The van der Waals surface area contributed by atoms with Crippen molar-refractivity contribution in [2.45, 2.75) is 131 Å². The predicted molar refractivity (Wildman–Crippen MR) is 184 cm³/mol. The van der Waals surface area contributed by atoms with Crippen molar-refractivity contribution >= 4 is 23.6 Å². The zero-order valence-electron chi connectivity index (χ0n) is 28.3. The second-order valence-electron chi connectivity index (χ2n) is 13.6. The average Bonchev–Trinajstić information content (AvgIpc) is 2.97. The highest BCUT2D eigenvalue weighted by Gasteiger charge is 2.23. The van der Waals surface area contributed by atoms with Crippen molar-refractivity contribution in [3.05, 3.63) is 54.1 Å². The normalized spacial score (nSPS) is 16.3. The zero-order chi connectivity index (χ0) is 31.8. The maximum absolute atomic E-state index is 13.1. The summed E-state index contributed by atoms with van der Waals surface area (Å²) in [6.07, 6.45) is 14.1. The molecule has 0 saturated heterocycles. The molecule has 0 aliphatic heterocycles. The maximum Gasteiger partial charge on any atom is 0.222 e. The van der Waals surface area contributed by atoms with Crippen molar-refractivity contribution in [2.75, 3.05) is 13.1 Å². The first-order valence-corrected chi connectivity index (χ1v) is 17.0. The standard InChI is InChI=1S/C38H61N3O2/c1-9-22-41(38(43)20-19-32(7)37(42)27-39-35-18-14-13-15-31(35)6)23-21-29(4)24-30(5)25-33(8)40-36(28(2)3)26-34-16-11-10-12-17-34/h13-15,18,27-28,30,33-34,36,40H,4,7,9-12,16-17,19-26H2,1-3,5-6,8H3/b39-27-. The van der Waals surface area contributed by atoms with Crippen molar-refractivity contribution in [2.24, 2.45) is 22.7 Å². The van der Waals surface area contributed by atoms with E-state index in [9.17, 15) is 9.59 Å². The van der Waals surface area contributed by atoms with Gasteiger partial charge in [0.15, 0.2) is 5.78 Å². The van der Waals surface area contributed by atoms with Gasteiger partial charge in [0, 0.05) is 31.6 Å². The molecule has 0 bridgehead atoms. The molecule has 1 saturated carbocycles. The molecule has 1 N–H and O–H groups in total. The summed E-state index contributed by atoms with van der Waals surface area (Å²) < 4.78 is 0. The number of nitrogens with one attached hydrogen (secondary N) is 1. The van der Waals surface area contributed by atoms with Gasteiger partial charge in [0.2, 0.25) is 5.91 Å². The van der Waals surface area contributed by atoms with Crippen LogP contribution in [-0.4, -0.2) is 48.0 Å². The molecule has 240 valence electrons. The number of carbonyl (C=O) groups excluding carboxylic acids is 2. The van der Waals surface area contributed by atoms with Crippen LogP contribution in [0, 0.1) is 24.7 Å². The first kappa shape index (κ1) is 36.7. The van der Waals surface area contributed by atoms with Gasteiger partial charge in [-0.25, -0.2) is 0 Å². The lowest BCUT2D eigenvalue weighted by Gasteiger charge is -2.32. The quantitative estimate of drug-likeness (QED) is 0.0934. The van der Waals surface area contributed by atoms with Crippen LogP contribution in [0.1, 0.15) is 117 Å². The number of Topliss-reactive ketones (excluding diaryl/α,β-unsaturated/α-hetero) is 1. The number of aliphatic imine (C=N–C) groups is 1. The van der Waals surface area contributed by atoms with E-state index in [0.29, 0.717) is 42.5 Å². The van der Waals surface area contributed by atoms with Gasteiger partial charge in [-0.1, -0.05) is 96.7 Å². The van der Waals surface area contributed by atoms with Gasteiger partial charge in [0.1, 0.15) is 0 Å². The van der Waals surface area contributed by atoms with Crippen LogP contribution < -0.4 is 5.32 Å². The molecule has 0 heterocycles. The third kappa shape index (κ3) is 14.2. The van der Waals surface area contributed by atoms with Crippen LogP contribution in [0.5, 0.6) is 0 Å². The molecule has 3 atom stereocenters. The van der Waals surface area contributed by atoms with Gasteiger partial charge in [-0.2, -0.15) is 0 Å². The monoisotopic (exact) mass is 591 g/mol. The molecule has 5 nitrogen and oxygen atoms in total. The molecule has 3 unspecified atom stereocenters. The lowest BCUT2D eigenvalue weighted by molar-refractivity contribution is -0.131. The summed E-state index contributed by atoms with van der Waals surface area (Å²) in [5.41, 5.74) is 3.41. The van der Waals surface area contributed by atoms with Gasteiger partial charge < -0.3 is 10.2 Å². The second-order valence-corrected chi connectivity index (χ2v) is 13.6. The van der Waals surface area contributed by atoms with Gasteiger partial charge in [-0.3, -0.25) is 14.6 Å². The largest absolute Gasteiger partial charge is 0.342 e. The van der Waals surface area contributed by atoms with Crippen LogP contribution >= 0.6 is 0 Å². The lowest BCUT2D eigenvalue weighted by Crippen LogP contribution is -2.42. The number of carbonyl (C=O) groups is 2. The Morgan fingerprint density at radius 2 is 1.72 bits per heavy atom. The summed E-state index contributed by atoms with van der Waals surface area (Å²) in [6.45, 7) is 23.1. The van der Waals surface area contributed by atoms with E-state index in [2.05, 4.69) is 58.1 Å². The number of amides is 1. The molecule has 0 aromatic heterocycles. The van der Waals surface area contributed by atoms with Gasteiger partial charge in [0.25, 0.3) is 0 Å². The molecular formula is C38H61N3O2. The molecule has 1 fully saturated rings. The fourth-order valence-electron chi connectivity index (χ4n) is 6.42. The number of allylic oxidation sites excluding steroid dienone is 1. The third-order valence-corrected chi connectivity index (χ3v) is 9.02. The molecule has 2 rings (SSSR count). The average molecular weight is 592 g/mol. The van der Waals surface area contributed by atoms with Crippen molar-refractivity contribution in [1.82, 2.24) is 10.2 Å². The van der Waals surface area contributed by atoms with E-state index in [1.807, 2.05) is 36.1 Å². The van der Waals surface area contributed by atoms with E-state index in [0.717, 1.165) is 49.4 Å². The Bertz CT molecular complexity index is 1050. The molecular weight excluding hydrogens is 530 g/mol. The fourth-order valence-corrected chi connectivity index (χ4v) is 6.42. The molecule has 0 radical (unpaired) electrons. The SMILES string of the molecule is C=C(CCN(CCC)C(=O)CCC(=C)C(=O)/C=N\c1ccccc1C)CC(C)CC(C)NC(CC1CCCCC1)C(C)C. The van der Waals surface area contributed by atoms with Gasteiger partial charge in [0.05, 0.1) is 11.9 Å². The number of nitrogens with zero attached hydrogens (tertiary/aromatic N) is 2. The molecule has 5 heteroatoms. The molecule has 1 amide bonds. The number of ketones is 1. The molecule has 1 aliphatic carbocycles. The molecule has 1 aromatic rings. The summed E-state index contributed by atoms with van der Waals surface area (Å²) >= 11 is 0. The first-order chi connectivity index (χ1) is 20.5. The van der Waals surface area contributed by atoms with E-state index in [4.69, 9.17) is 0 Å². The Hall–Kier alpha value is -2.53. The van der Waals surface area contributed by atoms with E-state index in [1.54, 1.807) is 0 Å². The lowest BCUT2D eigenvalue weighted by atomic mass is 9.82. The van der Waals surface area contributed by atoms with Crippen LogP contribution in [0.2, 0.25) is 0 Å². The maximum atomic E-state index is 13.1. The Morgan fingerprint density at radius 3 is 2.37 bits per heavy atom. The minimum atomic E-state index is -0.224. The van der Waals surface area contributed by atoms with Crippen molar-refractivity contribution in [3.8, 4) is 0 Å². The topological polar surface area (TPSA) is 61.8 Å². The number of hydrogen-bond acceptors (Lipinski definition) is 4. The van der Waals surface area contributed by atoms with E-state index < -0.39 is 0 Å². The van der Waals surface area contributed by atoms with E-state index >= 15 is 0 Å². The first-order valence-electron chi connectivity index (χ1n) is 17.0. The van der Waals surface area contributed by atoms with Crippen molar-refractivity contribution < 1.29 is 9.59 Å². The Balaban J connectivity index is 1.75. The highest BCUT2D eigenvalue weighted by atomic mass is 16.2. The van der Waals surface area contributed by atoms with Gasteiger partial charge in [-0.05, 0) is 87.3 Å². The summed E-state index contributed by atoms with van der Waals surface area (Å²) in [4.78, 5) is 31.8. The van der Waals surface area contributed by atoms with Gasteiger partial charge >= 0.3 is 0 Å². The summed E-state index contributed by atoms with van der Waals surface area (Å²) in [5, 5.41) is 3.98. The highest BCUT2D eigenvalue weighted by molar-refractivity contribution is 6.35. The second kappa shape index (κ2) is 19.7. The Kier molecular flexibility index (Phi) is 16.8. The number of aryl methyl sites for hydroxylation is 1. The fraction of sp³-hybridized carbons (Fsp3) is 0.658. The van der Waals surface area contributed by atoms with E-state index in [-0.39, 0.29) is 18.1 Å². The Labute approximate surface area is 263 Å². The van der Waals surface area contributed by atoms with Crippen LogP contribution in [0.3, 0.4) is 0 Å². The molecule has 1 aliphatic rings. The Morgan fingerprint density at radius 1 is 1.02 bits per heavy atom. The van der Waals surface area contributed by atoms with Crippen LogP contribution in [0.25, 0.3) is 0 Å². The third-order valence-electron chi connectivity index (χ3n) is 9.02. The smallest absolute Gasteiger partial charge is 0.222 e. The summed E-state index contributed by atoms with van der Waals surface area (Å²) in [7, 11) is 0. The van der Waals surface area contributed by atoms with Crippen LogP contribution in [0.4, 0.5) is 5.69 Å². The van der Waals surface area contributed by atoms with Gasteiger partial charge in [-0.15, -0.1) is 0 Å². The highest BCUT2D eigenvalue weighted by Crippen LogP contribution is 2.29.